The SMILES string of the molecule is Cc1c(C)n(Cc2cccc(C[C@@H](C)C(=O)O)c2)c2ccc(C(=O)N[C@@H](C)c3cccc(C4CC4)c3)cc12. The number of carbonyl (C=O) groups is 2. The highest BCUT2D eigenvalue weighted by Gasteiger charge is 2.24. The van der Waals surface area contributed by atoms with Gasteiger partial charge in [-0.2, -0.15) is 0 Å². The average molecular weight is 509 g/mol. The molecule has 4 aromatic rings. The van der Waals surface area contributed by atoms with Crippen LogP contribution in [0.1, 0.15) is 82.5 Å². The van der Waals surface area contributed by atoms with Gasteiger partial charge in [0.05, 0.1) is 12.0 Å². The van der Waals surface area contributed by atoms with Gasteiger partial charge in [0.15, 0.2) is 0 Å². The number of rotatable bonds is 9. The number of aromatic nitrogens is 1. The molecule has 0 radical (unpaired) electrons. The fourth-order valence-corrected chi connectivity index (χ4v) is 5.34. The number of hydrogen-bond acceptors (Lipinski definition) is 2. The molecule has 1 saturated carbocycles. The van der Waals surface area contributed by atoms with Crippen LogP contribution in [0.15, 0.2) is 66.7 Å². The van der Waals surface area contributed by atoms with E-state index in [0.717, 1.165) is 38.9 Å². The van der Waals surface area contributed by atoms with Crippen LogP contribution >= 0.6 is 0 Å². The molecular formula is C33H36N2O3. The van der Waals surface area contributed by atoms with E-state index < -0.39 is 11.9 Å². The summed E-state index contributed by atoms with van der Waals surface area (Å²) in [6.07, 6.45) is 3.03. The number of carboxylic acid groups (broad SMARTS) is 1. The molecule has 5 heteroatoms. The summed E-state index contributed by atoms with van der Waals surface area (Å²) < 4.78 is 2.28. The number of carboxylic acids is 1. The van der Waals surface area contributed by atoms with Gasteiger partial charge in [0.2, 0.25) is 0 Å². The maximum atomic E-state index is 13.2. The molecule has 2 atom stereocenters. The Kier molecular flexibility index (Phi) is 7.11. The number of carbonyl (C=O) groups excluding carboxylic acids is 1. The molecule has 1 aliphatic carbocycles. The van der Waals surface area contributed by atoms with Crippen molar-refractivity contribution in [1.29, 1.82) is 0 Å². The number of aliphatic carboxylic acids is 1. The molecular weight excluding hydrogens is 472 g/mol. The third kappa shape index (κ3) is 5.38. The highest BCUT2D eigenvalue weighted by Crippen LogP contribution is 2.40. The zero-order chi connectivity index (χ0) is 27.0. The summed E-state index contributed by atoms with van der Waals surface area (Å²) in [5.74, 6) is -0.581. The second-order valence-electron chi connectivity index (χ2n) is 10.9. The maximum absolute atomic E-state index is 13.2. The molecule has 5 nitrogen and oxygen atoms in total. The Balaban J connectivity index is 1.35. The number of benzene rings is 3. The summed E-state index contributed by atoms with van der Waals surface area (Å²) in [6, 6.07) is 22.6. The summed E-state index contributed by atoms with van der Waals surface area (Å²) in [5.41, 5.74) is 8.74. The van der Waals surface area contributed by atoms with E-state index in [1.54, 1.807) is 6.92 Å². The van der Waals surface area contributed by atoms with Crippen molar-refractivity contribution in [2.75, 3.05) is 0 Å². The van der Waals surface area contributed by atoms with E-state index in [0.29, 0.717) is 24.4 Å². The van der Waals surface area contributed by atoms with Crippen LogP contribution in [-0.2, 0) is 17.8 Å². The van der Waals surface area contributed by atoms with E-state index >= 15 is 0 Å². The maximum Gasteiger partial charge on any atom is 0.306 e. The Morgan fingerprint density at radius 3 is 2.45 bits per heavy atom. The number of nitrogens with one attached hydrogen (secondary N) is 1. The molecule has 1 aliphatic rings. The Morgan fingerprint density at radius 1 is 0.974 bits per heavy atom. The molecule has 5 rings (SSSR count). The van der Waals surface area contributed by atoms with Gasteiger partial charge in [0.25, 0.3) is 5.91 Å². The van der Waals surface area contributed by atoms with Crippen molar-refractivity contribution in [2.24, 2.45) is 5.92 Å². The van der Waals surface area contributed by atoms with Crippen LogP contribution in [0, 0.1) is 19.8 Å². The summed E-state index contributed by atoms with van der Waals surface area (Å²) >= 11 is 0. The first kappa shape index (κ1) is 25.8. The summed E-state index contributed by atoms with van der Waals surface area (Å²) in [7, 11) is 0. The van der Waals surface area contributed by atoms with Crippen molar-refractivity contribution in [1.82, 2.24) is 9.88 Å². The predicted octanol–water partition coefficient (Wildman–Crippen LogP) is 6.94. The largest absolute Gasteiger partial charge is 0.481 e. The van der Waals surface area contributed by atoms with Crippen LogP contribution in [0.2, 0.25) is 0 Å². The molecule has 1 aromatic heterocycles. The molecule has 1 fully saturated rings. The van der Waals surface area contributed by atoms with Gasteiger partial charge in [-0.3, -0.25) is 9.59 Å². The highest BCUT2D eigenvalue weighted by atomic mass is 16.4. The monoisotopic (exact) mass is 508 g/mol. The van der Waals surface area contributed by atoms with Crippen molar-refractivity contribution < 1.29 is 14.7 Å². The van der Waals surface area contributed by atoms with Gasteiger partial charge in [-0.15, -0.1) is 0 Å². The van der Waals surface area contributed by atoms with Crippen LogP contribution in [0.5, 0.6) is 0 Å². The van der Waals surface area contributed by atoms with Gasteiger partial charge < -0.3 is 15.0 Å². The fraction of sp³-hybridized carbons (Fsp3) is 0.333. The Hall–Kier alpha value is -3.86. The number of hydrogen-bond donors (Lipinski definition) is 2. The van der Waals surface area contributed by atoms with E-state index in [4.69, 9.17) is 0 Å². The van der Waals surface area contributed by atoms with E-state index in [-0.39, 0.29) is 11.9 Å². The molecule has 1 heterocycles. The molecule has 0 aliphatic heterocycles. The molecule has 2 N–H and O–H groups in total. The molecule has 38 heavy (non-hydrogen) atoms. The number of aryl methyl sites for hydroxylation is 1. The molecule has 0 saturated heterocycles. The summed E-state index contributed by atoms with van der Waals surface area (Å²) in [4.78, 5) is 24.5. The first-order valence-electron chi connectivity index (χ1n) is 13.5. The van der Waals surface area contributed by atoms with Gasteiger partial charge in [0, 0.05) is 28.7 Å². The van der Waals surface area contributed by atoms with Crippen LogP contribution in [-0.4, -0.2) is 21.6 Å². The predicted molar refractivity (Wildman–Crippen MR) is 152 cm³/mol. The minimum Gasteiger partial charge on any atom is -0.481 e. The van der Waals surface area contributed by atoms with E-state index in [1.165, 1.54) is 18.4 Å². The van der Waals surface area contributed by atoms with Gasteiger partial charge in [-0.05, 0) is 92.0 Å². The molecule has 1 amide bonds. The van der Waals surface area contributed by atoms with Gasteiger partial charge in [-0.25, -0.2) is 0 Å². The topological polar surface area (TPSA) is 71.3 Å². The van der Waals surface area contributed by atoms with Gasteiger partial charge in [0.1, 0.15) is 0 Å². The number of fused-ring (bicyclic) bond motifs is 1. The second kappa shape index (κ2) is 10.5. The van der Waals surface area contributed by atoms with Crippen molar-refractivity contribution in [3.63, 3.8) is 0 Å². The Labute approximate surface area is 224 Å². The zero-order valence-electron chi connectivity index (χ0n) is 22.6. The average Bonchev–Trinajstić information content (AvgIpc) is 3.73. The number of nitrogens with zero attached hydrogens (tertiary/aromatic N) is 1. The third-order valence-corrected chi connectivity index (χ3v) is 8.00. The lowest BCUT2D eigenvalue weighted by atomic mass is 9.99. The standard InChI is InChI=1S/C33H36N2O3/c1-20(33(37)38)15-24-7-5-8-25(16-24)19-35-23(4)21(2)30-18-29(13-14-31(30)35)32(36)34-22(3)27-9-6-10-28(17-27)26-11-12-26/h5-10,13-14,16-18,20,22,26H,11-12,15,19H2,1-4H3,(H,34,36)(H,37,38)/t20-,22+/m1/s1. The lowest BCUT2D eigenvalue weighted by molar-refractivity contribution is -0.141. The Bertz CT molecular complexity index is 1510. The molecule has 196 valence electrons. The molecule has 0 unspecified atom stereocenters. The van der Waals surface area contributed by atoms with Crippen LogP contribution in [0.3, 0.4) is 0 Å². The smallest absolute Gasteiger partial charge is 0.306 e. The van der Waals surface area contributed by atoms with Crippen LogP contribution in [0.4, 0.5) is 0 Å². The molecule has 0 bridgehead atoms. The van der Waals surface area contributed by atoms with Crippen LogP contribution < -0.4 is 5.32 Å². The van der Waals surface area contributed by atoms with Crippen molar-refractivity contribution in [3.8, 4) is 0 Å². The highest BCUT2D eigenvalue weighted by molar-refractivity contribution is 5.99. The van der Waals surface area contributed by atoms with Crippen molar-refractivity contribution in [2.45, 2.75) is 65.5 Å². The van der Waals surface area contributed by atoms with E-state index in [1.807, 2.05) is 37.3 Å². The third-order valence-electron chi connectivity index (χ3n) is 8.00. The summed E-state index contributed by atoms with van der Waals surface area (Å²) in [5, 5.41) is 13.5. The van der Waals surface area contributed by atoms with Gasteiger partial charge >= 0.3 is 5.97 Å². The fourth-order valence-electron chi connectivity index (χ4n) is 5.34. The van der Waals surface area contributed by atoms with E-state index in [2.05, 4.69) is 60.1 Å². The minimum atomic E-state index is -0.778. The van der Waals surface area contributed by atoms with E-state index in [9.17, 15) is 14.7 Å². The first-order chi connectivity index (χ1) is 18.2. The lowest BCUT2D eigenvalue weighted by Crippen LogP contribution is -2.26. The quantitative estimate of drug-likeness (QED) is 0.257. The normalized spacial score (nSPS) is 14.8. The van der Waals surface area contributed by atoms with Gasteiger partial charge in [-0.1, -0.05) is 55.5 Å². The number of amides is 1. The Morgan fingerprint density at radius 2 is 1.71 bits per heavy atom. The summed E-state index contributed by atoms with van der Waals surface area (Å²) in [6.45, 7) is 8.68. The van der Waals surface area contributed by atoms with Crippen molar-refractivity contribution in [3.05, 3.63) is 106 Å². The zero-order valence-corrected chi connectivity index (χ0v) is 22.6. The lowest BCUT2D eigenvalue weighted by Gasteiger charge is -2.16. The minimum absolute atomic E-state index is 0.0683. The molecule has 3 aromatic carbocycles. The molecule has 0 spiro atoms. The second-order valence-corrected chi connectivity index (χ2v) is 10.9. The van der Waals surface area contributed by atoms with Crippen molar-refractivity contribution >= 4 is 22.8 Å². The first-order valence-corrected chi connectivity index (χ1v) is 13.5. The van der Waals surface area contributed by atoms with Crippen LogP contribution in [0.25, 0.3) is 10.9 Å².